The van der Waals surface area contributed by atoms with Crippen LogP contribution in [0.3, 0.4) is 0 Å². The van der Waals surface area contributed by atoms with Gasteiger partial charge >= 0.3 is 0 Å². The van der Waals surface area contributed by atoms with Gasteiger partial charge in [-0.15, -0.1) is 0 Å². The van der Waals surface area contributed by atoms with E-state index in [1.54, 1.807) is 0 Å². The molecule has 0 spiro atoms. The summed E-state index contributed by atoms with van der Waals surface area (Å²) in [7, 11) is 2.24. The number of anilines is 1. The Morgan fingerprint density at radius 1 is 0.805 bits per heavy atom. The molecule has 2 aromatic heterocycles. The van der Waals surface area contributed by atoms with E-state index < -0.39 is 0 Å². The maximum atomic E-state index is 9.83. The summed E-state index contributed by atoms with van der Waals surface area (Å²) >= 11 is 0. The predicted molar refractivity (Wildman–Crippen MR) is 170 cm³/mol. The number of likely N-dealkylation sites (tertiary alicyclic amines) is 1. The number of nitrogens with zero attached hydrogens (tertiary/aromatic N) is 6. The van der Waals surface area contributed by atoms with E-state index in [4.69, 9.17) is 4.98 Å². The number of fused-ring (bicyclic) bond motifs is 5. The highest BCUT2D eigenvalue weighted by atomic mass is 16.3. The second kappa shape index (κ2) is 11.9. The summed E-state index contributed by atoms with van der Waals surface area (Å²) in [6, 6.07) is 16.0. The van der Waals surface area contributed by atoms with Crippen LogP contribution in [0.25, 0.3) is 32.8 Å². The lowest BCUT2D eigenvalue weighted by Crippen LogP contribution is -2.45. The third-order valence-electron chi connectivity index (χ3n) is 9.84. The first kappa shape index (κ1) is 27.1. The van der Waals surface area contributed by atoms with E-state index in [9.17, 15) is 5.11 Å². The highest BCUT2D eigenvalue weighted by Gasteiger charge is 2.25. The van der Waals surface area contributed by atoms with Crippen molar-refractivity contribution >= 4 is 38.5 Å². The molecule has 4 aromatic rings. The number of hydrogen-bond donors (Lipinski definition) is 1. The van der Waals surface area contributed by atoms with Crippen LogP contribution < -0.4 is 4.90 Å². The highest BCUT2D eigenvalue weighted by Crippen LogP contribution is 2.41. The van der Waals surface area contributed by atoms with Gasteiger partial charge in [-0.25, -0.2) is 4.98 Å². The number of rotatable bonds is 8. The van der Waals surface area contributed by atoms with Crippen molar-refractivity contribution < 1.29 is 5.11 Å². The number of aliphatic hydroxyl groups is 1. The fourth-order valence-corrected chi connectivity index (χ4v) is 7.43. The molecule has 0 bridgehead atoms. The second-order valence-corrected chi connectivity index (χ2v) is 12.7. The molecule has 7 rings (SSSR count). The first-order valence-corrected chi connectivity index (χ1v) is 16.0. The third-order valence-corrected chi connectivity index (χ3v) is 9.84. The topological polar surface area (TPSA) is 51.0 Å². The van der Waals surface area contributed by atoms with Gasteiger partial charge in [0.25, 0.3) is 0 Å². The summed E-state index contributed by atoms with van der Waals surface area (Å²) < 4.78 is 2.55. The molecule has 7 heteroatoms. The van der Waals surface area contributed by atoms with Crippen LogP contribution in [-0.2, 0) is 13.0 Å². The number of hydrogen-bond acceptors (Lipinski definition) is 6. The number of para-hydroxylation sites is 1. The van der Waals surface area contributed by atoms with Gasteiger partial charge in [0.2, 0.25) is 0 Å². The Bertz CT molecular complexity index is 1500. The van der Waals surface area contributed by atoms with Crippen molar-refractivity contribution in [3.63, 3.8) is 0 Å². The van der Waals surface area contributed by atoms with Crippen molar-refractivity contribution in [1.82, 2.24) is 24.3 Å². The normalized spacial score (nSPS) is 20.0. The number of piperazine rings is 1. The molecule has 3 aliphatic rings. The number of aryl methyl sites for hydroxylation is 2. The van der Waals surface area contributed by atoms with Crippen LogP contribution in [-0.4, -0.2) is 108 Å². The number of piperidine rings is 1. The molecule has 0 aliphatic carbocycles. The molecule has 7 nitrogen and oxygen atoms in total. The van der Waals surface area contributed by atoms with Crippen molar-refractivity contribution in [2.45, 2.75) is 51.2 Å². The number of pyridine rings is 1. The van der Waals surface area contributed by atoms with Crippen LogP contribution in [0.5, 0.6) is 0 Å². The van der Waals surface area contributed by atoms with E-state index in [0.29, 0.717) is 0 Å². The SMILES string of the molecule is CN1CCN(CCCN2CCCn3c4ccccc4c4nc5cc(CCCN6CCC(O)CC6)ccc5c2c43)CC1. The van der Waals surface area contributed by atoms with Gasteiger partial charge in [-0.3, -0.25) is 0 Å². The van der Waals surface area contributed by atoms with Gasteiger partial charge in [0.1, 0.15) is 0 Å². The zero-order valence-electron chi connectivity index (χ0n) is 24.8. The summed E-state index contributed by atoms with van der Waals surface area (Å²) in [5.74, 6) is 0. The minimum absolute atomic E-state index is 0.0998. The van der Waals surface area contributed by atoms with Gasteiger partial charge in [0.15, 0.2) is 0 Å². The molecule has 0 radical (unpaired) electrons. The maximum absolute atomic E-state index is 9.83. The monoisotopic (exact) mass is 554 g/mol. The van der Waals surface area contributed by atoms with Gasteiger partial charge < -0.3 is 29.3 Å². The molecule has 0 atom stereocenters. The Morgan fingerprint density at radius 3 is 2.44 bits per heavy atom. The largest absolute Gasteiger partial charge is 0.393 e. The molecule has 2 saturated heterocycles. The predicted octanol–water partition coefficient (Wildman–Crippen LogP) is 4.58. The van der Waals surface area contributed by atoms with Crippen molar-refractivity contribution in [2.75, 3.05) is 77.4 Å². The molecule has 2 aromatic carbocycles. The van der Waals surface area contributed by atoms with Crippen LogP contribution in [0.15, 0.2) is 42.5 Å². The van der Waals surface area contributed by atoms with E-state index in [0.717, 1.165) is 82.4 Å². The average molecular weight is 555 g/mol. The first-order valence-electron chi connectivity index (χ1n) is 16.0. The van der Waals surface area contributed by atoms with Gasteiger partial charge in [-0.1, -0.05) is 30.3 Å². The summed E-state index contributed by atoms with van der Waals surface area (Å²) in [6.07, 6.45) is 6.30. The number of aliphatic hydroxyl groups excluding tert-OH is 1. The quantitative estimate of drug-likeness (QED) is 0.344. The number of likely N-dealkylation sites (N-methyl/N-ethyl adjacent to an activating group) is 1. The Balaban J connectivity index is 1.18. The van der Waals surface area contributed by atoms with Gasteiger partial charge in [0.05, 0.1) is 33.9 Å². The van der Waals surface area contributed by atoms with E-state index in [-0.39, 0.29) is 6.10 Å². The average Bonchev–Trinajstić information content (AvgIpc) is 3.17. The minimum Gasteiger partial charge on any atom is -0.393 e. The van der Waals surface area contributed by atoms with E-state index in [1.165, 1.54) is 72.2 Å². The summed E-state index contributed by atoms with van der Waals surface area (Å²) in [4.78, 5) is 15.7. The molecule has 1 N–H and O–H groups in total. The van der Waals surface area contributed by atoms with Crippen molar-refractivity contribution in [3.8, 4) is 0 Å². The Morgan fingerprint density at radius 2 is 1.59 bits per heavy atom. The fourth-order valence-electron chi connectivity index (χ4n) is 7.43. The molecule has 218 valence electrons. The highest BCUT2D eigenvalue weighted by molar-refractivity contribution is 6.16. The number of aromatic nitrogens is 2. The summed E-state index contributed by atoms with van der Waals surface area (Å²) in [5.41, 5.74) is 7.73. The standard InChI is InChI=1S/C34H46N6O/c1-36-21-23-38(24-22-36)15-5-16-39-17-6-18-40-31-9-3-2-8-29(31)32-34(40)33(39)28-11-10-26(25-30(28)35-32)7-4-14-37-19-12-27(41)13-20-37/h2-3,8-11,25,27,41H,4-7,12-24H2,1H3. The summed E-state index contributed by atoms with van der Waals surface area (Å²) in [5, 5.41) is 12.4. The lowest BCUT2D eigenvalue weighted by atomic mass is 10.0. The molecule has 0 saturated carbocycles. The third kappa shape index (κ3) is 5.57. The molecule has 0 unspecified atom stereocenters. The lowest BCUT2D eigenvalue weighted by Gasteiger charge is -2.33. The molecular weight excluding hydrogens is 508 g/mol. The molecule has 3 aliphatic heterocycles. The van der Waals surface area contributed by atoms with E-state index in [2.05, 4.69) is 73.7 Å². The maximum Gasteiger partial charge on any atom is 0.0988 e. The Hall–Kier alpha value is -2.71. The van der Waals surface area contributed by atoms with Crippen molar-refractivity contribution in [3.05, 3.63) is 48.0 Å². The van der Waals surface area contributed by atoms with Crippen molar-refractivity contribution in [1.29, 1.82) is 0 Å². The van der Waals surface area contributed by atoms with Crippen LogP contribution in [0.2, 0.25) is 0 Å². The molecule has 5 heterocycles. The van der Waals surface area contributed by atoms with E-state index in [1.807, 2.05) is 0 Å². The van der Waals surface area contributed by atoms with Crippen molar-refractivity contribution in [2.24, 2.45) is 0 Å². The van der Waals surface area contributed by atoms with Crippen LogP contribution in [0.4, 0.5) is 5.69 Å². The zero-order chi connectivity index (χ0) is 27.8. The summed E-state index contributed by atoms with van der Waals surface area (Å²) in [6.45, 7) is 12.3. The van der Waals surface area contributed by atoms with Crippen LogP contribution >= 0.6 is 0 Å². The van der Waals surface area contributed by atoms with Gasteiger partial charge in [-0.05, 0) is 76.4 Å². The number of benzene rings is 2. The molecular formula is C34H46N6O. The Labute approximate surface area is 244 Å². The lowest BCUT2D eigenvalue weighted by molar-refractivity contribution is 0.0821. The van der Waals surface area contributed by atoms with Gasteiger partial charge in [-0.2, -0.15) is 0 Å². The molecule has 2 fully saturated rings. The van der Waals surface area contributed by atoms with Crippen LogP contribution in [0.1, 0.15) is 37.7 Å². The Kier molecular flexibility index (Phi) is 7.87. The molecule has 41 heavy (non-hydrogen) atoms. The fraction of sp³-hybridized carbons (Fsp3) is 0.559. The first-order chi connectivity index (χ1) is 20.1. The second-order valence-electron chi connectivity index (χ2n) is 12.7. The van der Waals surface area contributed by atoms with E-state index >= 15 is 0 Å². The smallest absolute Gasteiger partial charge is 0.0988 e. The molecule has 0 amide bonds. The van der Waals surface area contributed by atoms with Gasteiger partial charge in [0, 0.05) is 69.7 Å². The minimum atomic E-state index is -0.0998. The zero-order valence-corrected chi connectivity index (χ0v) is 24.8. The van der Waals surface area contributed by atoms with Crippen LogP contribution in [0, 0.1) is 0 Å².